The van der Waals surface area contributed by atoms with E-state index in [2.05, 4.69) is 45.0 Å². The molecule has 0 fully saturated rings. The number of hydrogen-bond donors (Lipinski definition) is 1. The molecule has 98 valence electrons. The van der Waals surface area contributed by atoms with Gasteiger partial charge in [-0.25, -0.2) is 0 Å². The van der Waals surface area contributed by atoms with Gasteiger partial charge in [0.05, 0.1) is 25.0 Å². The highest BCUT2D eigenvalue weighted by atomic mass is 16.5. The fraction of sp³-hybridized carbons (Fsp3) is 0.769. The first-order valence-corrected chi connectivity index (χ1v) is 6.34. The van der Waals surface area contributed by atoms with Gasteiger partial charge in [-0.05, 0) is 34.1 Å². The van der Waals surface area contributed by atoms with Crippen LogP contribution in [0.15, 0.2) is 12.4 Å². The first kappa shape index (κ1) is 14.0. The van der Waals surface area contributed by atoms with E-state index < -0.39 is 0 Å². The lowest BCUT2D eigenvalue weighted by atomic mass is 10.1. The van der Waals surface area contributed by atoms with Gasteiger partial charge < -0.3 is 10.1 Å². The molecule has 0 saturated carbocycles. The van der Waals surface area contributed by atoms with E-state index >= 15 is 0 Å². The predicted octanol–water partition coefficient (Wildman–Crippen LogP) is 2.62. The third-order valence-corrected chi connectivity index (χ3v) is 2.43. The molecule has 4 nitrogen and oxygen atoms in total. The Balaban J connectivity index is 2.46. The number of ether oxygens (including phenoxy) is 1. The Kier molecular flexibility index (Phi) is 5.00. The van der Waals surface area contributed by atoms with Crippen molar-refractivity contribution in [2.75, 3.05) is 13.2 Å². The molecule has 1 unspecified atom stereocenters. The van der Waals surface area contributed by atoms with Gasteiger partial charge in [-0.3, -0.25) is 4.68 Å². The zero-order chi connectivity index (χ0) is 12.9. The molecular weight excluding hydrogens is 214 g/mol. The minimum atomic E-state index is 0.142. The van der Waals surface area contributed by atoms with Crippen LogP contribution < -0.4 is 10.1 Å². The summed E-state index contributed by atoms with van der Waals surface area (Å²) in [6, 6.07) is 0.327. The molecule has 0 saturated heterocycles. The predicted molar refractivity (Wildman–Crippen MR) is 70.5 cm³/mol. The molecule has 1 aromatic rings. The average Bonchev–Trinajstić information content (AvgIpc) is 2.70. The van der Waals surface area contributed by atoms with Crippen LogP contribution in [-0.2, 0) is 0 Å². The summed E-state index contributed by atoms with van der Waals surface area (Å²) in [5.74, 6) is 0.856. The van der Waals surface area contributed by atoms with Crippen LogP contribution in [0.1, 0.15) is 47.1 Å². The van der Waals surface area contributed by atoms with Gasteiger partial charge in [-0.2, -0.15) is 5.10 Å². The van der Waals surface area contributed by atoms with E-state index in [9.17, 15) is 0 Å². The number of nitrogens with one attached hydrogen (secondary N) is 1. The van der Waals surface area contributed by atoms with E-state index in [1.165, 1.54) is 0 Å². The zero-order valence-electron chi connectivity index (χ0n) is 11.7. The summed E-state index contributed by atoms with van der Waals surface area (Å²) in [5, 5.41) is 7.79. The van der Waals surface area contributed by atoms with Crippen molar-refractivity contribution < 1.29 is 4.74 Å². The molecule has 1 atom stereocenters. The largest absolute Gasteiger partial charge is 0.490 e. The molecule has 0 spiro atoms. The highest BCUT2D eigenvalue weighted by Crippen LogP contribution is 2.13. The Morgan fingerprint density at radius 3 is 2.76 bits per heavy atom. The van der Waals surface area contributed by atoms with Crippen LogP contribution in [0.25, 0.3) is 0 Å². The van der Waals surface area contributed by atoms with Crippen LogP contribution in [-0.4, -0.2) is 28.5 Å². The summed E-state index contributed by atoms with van der Waals surface area (Å²) >= 11 is 0. The van der Waals surface area contributed by atoms with Crippen molar-refractivity contribution in [3.05, 3.63) is 12.4 Å². The molecule has 0 radical (unpaired) electrons. The van der Waals surface area contributed by atoms with Crippen molar-refractivity contribution in [2.24, 2.45) is 0 Å². The van der Waals surface area contributed by atoms with Crippen molar-refractivity contribution in [1.29, 1.82) is 0 Å². The van der Waals surface area contributed by atoms with Crippen LogP contribution in [0.2, 0.25) is 0 Å². The van der Waals surface area contributed by atoms with Crippen molar-refractivity contribution in [1.82, 2.24) is 15.1 Å². The number of rotatable bonds is 6. The van der Waals surface area contributed by atoms with Crippen LogP contribution in [0.3, 0.4) is 0 Å². The van der Waals surface area contributed by atoms with E-state index in [1.54, 1.807) is 6.20 Å². The molecule has 17 heavy (non-hydrogen) atoms. The molecule has 1 heterocycles. The van der Waals surface area contributed by atoms with Crippen molar-refractivity contribution in [2.45, 2.75) is 52.6 Å². The molecular formula is C13H25N3O. The smallest absolute Gasteiger partial charge is 0.157 e. The molecule has 0 amide bonds. The maximum absolute atomic E-state index is 5.53. The second kappa shape index (κ2) is 6.05. The lowest BCUT2D eigenvalue weighted by Gasteiger charge is -2.23. The maximum atomic E-state index is 5.53. The van der Waals surface area contributed by atoms with Gasteiger partial charge in [-0.1, -0.05) is 6.92 Å². The minimum Gasteiger partial charge on any atom is -0.490 e. The number of aromatic nitrogens is 2. The third-order valence-electron chi connectivity index (χ3n) is 2.43. The van der Waals surface area contributed by atoms with E-state index in [4.69, 9.17) is 4.74 Å². The van der Waals surface area contributed by atoms with Gasteiger partial charge >= 0.3 is 0 Å². The SMILES string of the molecule is CCCOc1cnn(C(C)CNC(C)(C)C)c1. The summed E-state index contributed by atoms with van der Waals surface area (Å²) in [5.41, 5.74) is 0.142. The second-order valence-corrected chi connectivity index (χ2v) is 5.48. The van der Waals surface area contributed by atoms with Crippen molar-refractivity contribution >= 4 is 0 Å². The Morgan fingerprint density at radius 1 is 1.47 bits per heavy atom. The lowest BCUT2D eigenvalue weighted by Crippen LogP contribution is -2.39. The van der Waals surface area contributed by atoms with E-state index in [0.29, 0.717) is 6.04 Å². The molecule has 0 aliphatic rings. The van der Waals surface area contributed by atoms with Gasteiger partial charge in [0.15, 0.2) is 5.75 Å². The normalized spacial score (nSPS) is 13.7. The highest BCUT2D eigenvalue weighted by molar-refractivity contribution is 5.12. The molecule has 1 aromatic heterocycles. The van der Waals surface area contributed by atoms with Gasteiger partial charge in [0, 0.05) is 12.1 Å². The van der Waals surface area contributed by atoms with Crippen molar-refractivity contribution in [3.63, 3.8) is 0 Å². The van der Waals surface area contributed by atoms with Gasteiger partial charge in [0.25, 0.3) is 0 Å². The topological polar surface area (TPSA) is 39.1 Å². The van der Waals surface area contributed by atoms with Gasteiger partial charge in [0.1, 0.15) is 0 Å². The Labute approximate surface area is 104 Å². The molecule has 0 aromatic carbocycles. The maximum Gasteiger partial charge on any atom is 0.157 e. The number of hydrogen-bond acceptors (Lipinski definition) is 3. The van der Waals surface area contributed by atoms with Gasteiger partial charge in [0.2, 0.25) is 0 Å². The quantitative estimate of drug-likeness (QED) is 0.829. The Morgan fingerprint density at radius 2 is 2.18 bits per heavy atom. The Hall–Kier alpha value is -1.03. The van der Waals surface area contributed by atoms with E-state index in [1.807, 2.05) is 10.9 Å². The summed E-state index contributed by atoms with van der Waals surface area (Å²) in [4.78, 5) is 0. The summed E-state index contributed by atoms with van der Waals surface area (Å²) in [7, 11) is 0. The first-order chi connectivity index (χ1) is 7.92. The summed E-state index contributed by atoms with van der Waals surface area (Å²) < 4.78 is 7.48. The van der Waals surface area contributed by atoms with Gasteiger partial charge in [-0.15, -0.1) is 0 Å². The molecule has 0 aliphatic carbocycles. The van der Waals surface area contributed by atoms with Crippen LogP contribution in [0.4, 0.5) is 0 Å². The van der Waals surface area contributed by atoms with Crippen molar-refractivity contribution in [3.8, 4) is 5.75 Å². The third kappa shape index (κ3) is 5.22. The first-order valence-electron chi connectivity index (χ1n) is 6.34. The second-order valence-electron chi connectivity index (χ2n) is 5.48. The molecule has 1 rings (SSSR count). The summed E-state index contributed by atoms with van der Waals surface area (Å²) in [6.07, 6.45) is 4.76. The lowest BCUT2D eigenvalue weighted by molar-refractivity contribution is 0.315. The minimum absolute atomic E-state index is 0.142. The monoisotopic (exact) mass is 239 g/mol. The highest BCUT2D eigenvalue weighted by Gasteiger charge is 2.12. The molecule has 0 aliphatic heterocycles. The fourth-order valence-corrected chi connectivity index (χ4v) is 1.40. The van der Waals surface area contributed by atoms with E-state index in [0.717, 1.165) is 25.3 Å². The van der Waals surface area contributed by atoms with E-state index in [-0.39, 0.29) is 5.54 Å². The standard InChI is InChI=1S/C13H25N3O/c1-6-7-17-12-9-15-16(10-12)11(2)8-14-13(3,4)5/h9-11,14H,6-8H2,1-5H3. The number of nitrogens with zero attached hydrogens (tertiary/aromatic N) is 2. The summed E-state index contributed by atoms with van der Waals surface area (Å²) in [6.45, 7) is 12.4. The molecule has 1 N–H and O–H groups in total. The Bertz CT molecular complexity index is 328. The zero-order valence-corrected chi connectivity index (χ0v) is 11.7. The fourth-order valence-electron chi connectivity index (χ4n) is 1.40. The van der Waals surface area contributed by atoms with Crippen LogP contribution in [0.5, 0.6) is 5.75 Å². The average molecular weight is 239 g/mol. The van der Waals surface area contributed by atoms with Crippen LogP contribution in [0, 0.1) is 0 Å². The van der Waals surface area contributed by atoms with Crippen LogP contribution >= 0.6 is 0 Å². The molecule has 0 bridgehead atoms. The molecule has 4 heteroatoms.